The summed E-state index contributed by atoms with van der Waals surface area (Å²) in [5.41, 5.74) is 6.59. The summed E-state index contributed by atoms with van der Waals surface area (Å²) < 4.78 is 0. The number of H-pyrrole nitrogens is 1. The molecule has 0 aromatic carbocycles. The van der Waals surface area contributed by atoms with E-state index in [4.69, 9.17) is 4.98 Å². The topological polar surface area (TPSA) is 94.7 Å². The summed E-state index contributed by atoms with van der Waals surface area (Å²) in [4.78, 5) is 16.1. The summed E-state index contributed by atoms with van der Waals surface area (Å²) in [7, 11) is 0. The van der Waals surface area contributed by atoms with Gasteiger partial charge in [-0.2, -0.15) is 5.10 Å². The van der Waals surface area contributed by atoms with Crippen LogP contribution >= 0.6 is 0 Å². The van der Waals surface area contributed by atoms with Crippen LogP contribution in [0.4, 0.5) is 17.5 Å². The minimum absolute atomic E-state index is 0.344. The van der Waals surface area contributed by atoms with Crippen LogP contribution in [-0.2, 0) is 6.42 Å². The molecule has 4 heterocycles. The highest BCUT2D eigenvalue weighted by Gasteiger charge is 2.28. The smallest absolute Gasteiger partial charge is 0.228 e. The van der Waals surface area contributed by atoms with Gasteiger partial charge in [-0.25, -0.2) is 15.0 Å². The van der Waals surface area contributed by atoms with Crippen molar-refractivity contribution in [1.29, 1.82) is 0 Å². The first-order valence-electron chi connectivity index (χ1n) is 9.81. The van der Waals surface area contributed by atoms with Crippen molar-refractivity contribution in [3.63, 3.8) is 0 Å². The number of aromatic nitrogens is 5. The van der Waals surface area contributed by atoms with Gasteiger partial charge in [0.2, 0.25) is 5.95 Å². The molecule has 0 radical (unpaired) electrons. The van der Waals surface area contributed by atoms with Crippen LogP contribution in [0.15, 0.2) is 24.5 Å². The Balaban J connectivity index is 1.38. The fourth-order valence-corrected chi connectivity index (χ4v) is 3.89. The zero-order valence-electron chi connectivity index (χ0n) is 16.2. The van der Waals surface area contributed by atoms with E-state index < -0.39 is 0 Å². The lowest BCUT2D eigenvalue weighted by Gasteiger charge is -2.29. The highest BCUT2D eigenvalue weighted by atomic mass is 15.2. The molecule has 1 fully saturated rings. The number of pyridine rings is 1. The predicted octanol–water partition coefficient (Wildman–Crippen LogP) is 2.44. The predicted molar refractivity (Wildman–Crippen MR) is 109 cm³/mol. The lowest BCUT2D eigenvalue weighted by atomic mass is 10.0. The van der Waals surface area contributed by atoms with Gasteiger partial charge in [-0.05, 0) is 18.1 Å². The van der Waals surface area contributed by atoms with Crippen molar-refractivity contribution >= 4 is 17.5 Å². The molecule has 1 aliphatic heterocycles. The van der Waals surface area contributed by atoms with Crippen LogP contribution in [0.3, 0.4) is 0 Å². The molecule has 0 amide bonds. The lowest BCUT2D eigenvalue weighted by molar-refractivity contribution is 0.589. The zero-order valence-corrected chi connectivity index (χ0v) is 16.2. The van der Waals surface area contributed by atoms with E-state index in [-0.39, 0.29) is 0 Å². The van der Waals surface area contributed by atoms with E-state index in [1.165, 1.54) is 0 Å². The van der Waals surface area contributed by atoms with Crippen LogP contribution in [0.5, 0.6) is 0 Å². The highest BCUT2D eigenvalue weighted by Crippen LogP contribution is 2.39. The van der Waals surface area contributed by atoms with Crippen LogP contribution in [-0.4, -0.2) is 51.3 Å². The summed E-state index contributed by atoms with van der Waals surface area (Å²) in [5.74, 6) is 1.65. The van der Waals surface area contributed by atoms with Gasteiger partial charge < -0.3 is 15.5 Å². The number of anilines is 3. The van der Waals surface area contributed by atoms with Gasteiger partial charge >= 0.3 is 0 Å². The average molecular weight is 376 g/mol. The Hall–Kier alpha value is -3.00. The number of nitrogens with one attached hydrogen (secondary N) is 3. The molecule has 0 spiro atoms. The summed E-state index contributed by atoms with van der Waals surface area (Å²) in [6.45, 7) is 8.34. The summed E-state index contributed by atoms with van der Waals surface area (Å²) in [5, 5.41) is 14.2. The highest BCUT2D eigenvalue weighted by molar-refractivity contribution is 5.75. The molecular weight excluding hydrogens is 352 g/mol. The number of rotatable bonds is 4. The number of hydrogen-bond donors (Lipinski definition) is 3. The van der Waals surface area contributed by atoms with Crippen molar-refractivity contribution in [3.05, 3.63) is 41.5 Å². The number of nitrogens with zero attached hydrogens (tertiary/aromatic N) is 5. The zero-order chi connectivity index (χ0) is 19.1. The van der Waals surface area contributed by atoms with Crippen molar-refractivity contribution in [3.8, 4) is 11.3 Å². The Morgan fingerprint density at radius 1 is 1.11 bits per heavy atom. The Kier molecular flexibility index (Phi) is 4.20. The van der Waals surface area contributed by atoms with E-state index in [1.54, 1.807) is 0 Å². The lowest BCUT2D eigenvalue weighted by Crippen LogP contribution is -2.43. The molecule has 3 aromatic rings. The van der Waals surface area contributed by atoms with Crippen LogP contribution in [0.25, 0.3) is 11.3 Å². The Labute approximate surface area is 163 Å². The first kappa shape index (κ1) is 17.1. The molecule has 28 heavy (non-hydrogen) atoms. The molecule has 2 aliphatic rings. The number of piperazine rings is 1. The second kappa shape index (κ2) is 6.87. The minimum atomic E-state index is 0.344. The largest absolute Gasteiger partial charge is 0.368 e. The maximum atomic E-state index is 4.78. The molecule has 1 saturated heterocycles. The fourth-order valence-electron chi connectivity index (χ4n) is 3.89. The molecule has 0 saturated carbocycles. The molecule has 0 bridgehead atoms. The van der Waals surface area contributed by atoms with Gasteiger partial charge in [0.15, 0.2) is 0 Å². The van der Waals surface area contributed by atoms with Crippen molar-refractivity contribution < 1.29 is 0 Å². The van der Waals surface area contributed by atoms with Gasteiger partial charge in [0.25, 0.3) is 0 Å². The summed E-state index contributed by atoms with van der Waals surface area (Å²) in [6.07, 6.45) is 4.62. The summed E-state index contributed by atoms with van der Waals surface area (Å²) in [6, 6.07) is 4.08. The van der Waals surface area contributed by atoms with Gasteiger partial charge in [0.05, 0.1) is 23.3 Å². The molecule has 8 heteroatoms. The normalized spacial score (nSPS) is 15.6. The summed E-state index contributed by atoms with van der Waals surface area (Å²) >= 11 is 0. The molecule has 0 unspecified atom stereocenters. The Bertz CT molecular complexity index is 986. The fraction of sp³-hybridized carbons (Fsp3) is 0.400. The van der Waals surface area contributed by atoms with Gasteiger partial charge in [0.1, 0.15) is 5.82 Å². The van der Waals surface area contributed by atoms with E-state index in [0.717, 1.165) is 72.3 Å². The van der Waals surface area contributed by atoms with Crippen molar-refractivity contribution in [2.75, 3.05) is 36.4 Å². The average Bonchev–Trinajstić information content (AvgIpc) is 3.29. The van der Waals surface area contributed by atoms with E-state index in [9.17, 15) is 0 Å². The van der Waals surface area contributed by atoms with Gasteiger partial charge in [-0.15, -0.1) is 0 Å². The SMILES string of the molecule is CC(C)c1n[nH]c2c1-c1nc(Nc3ccc(N4CCNCC4)cn3)ncc1C2. The molecule has 1 aliphatic carbocycles. The molecule has 5 rings (SSSR count). The second-order valence-corrected chi connectivity index (χ2v) is 7.63. The standard InChI is InChI=1S/C20H24N8/c1-12(2)18-17-15(26-27-18)9-13-10-23-20(25-19(13)17)24-16-4-3-14(11-22-16)28-7-5-21-6-8-28/h3-4,10-12,21H,5-9H2,1-2H3,(H,26,27)(H,22,23,24,25). The number of aromatic amines is 1. The van der Waals surface area contributed by atoms with Crippen LogP contribution in [0.2, 0.25) is 0 Å². The molecule has 144 valence electrons. The number of fused-ring (bicyclic) bond motifs is 3. The number of hydrogen-bond acceptors (Lipinski definition) is 7. The van der Waals surface area contributed by atoms with Crippen LogP contribution in [0.1, 0.15) is 36.7 Å². The van der Waals surface area contributed by atoms with E-state index in [1.807, 2.05) is 18.5 Å². The molecule has 8 nitrogen and oxygen atoms in total. The third kappa shape index (κ3) is 2.99. The van der Waals surface area contributed by atoms with E-state index in [0.29, 0.717) is 11.9 Å². The molecular formula is C20H24N8. The van der Waals surface area contributed by atoms with Crippen molar-refractivity contribution in [2.24, 2.45) is 0 Å². The van der Waals surface area contributed by atoms with E-state index in [2.05, 4.69) is 55.6 Å². The van der Waals surface area contributed by atoms with Gasteiger partial charge in [-0.3, -0.25) is 5.10 Å². The van der Waals surface area contributed by atoms with Gasteiger partial charge in [0, 0.05) is 55.6 Å². The maximum Gasteiger partial charge on any atom is 0.228 e. The van der Waals surface area contributed by atoms with Crippen LogP contribution in [0, 0.1) is 0 Å². The third-order valence-corrected chi connectivity index (χ3v) is 5.35. The maximum absolute atomic E-state index is 4.78. The van der Waals surface area contributed by atoms with Crippen LogP contribution < -0.4 is 15.5 Å². The molecule has 3 N–H and O–H groups in total. The molecule has 0 atom stereocenters. The Morgan fingerprint density at radius 2 is 1.96 bits per heavy atom. The Morgan fingerprint density at radius 3 is 2.71 bits per heavy atom. The third-order valence-electron chi connectivity index (χ3n) is 5.35. The van der Waals surface area contributed by atoms with Gasteiger partial charge in [-0.1, -0.05) is 13.8 Å². The van der Waals surface area contributed by atoms with Crippen molar-refractivity contribution in [1.82, 2.24) is 30.5 Å². The monoisotopic (exact) mass is 376 g/mol. The minimum Gasteiger partial charge on any atom is -0.368 e. The van der Waals surface area contributed by atoms with Crippen molar-refractivity contribution in [2.45, 2.75) is 26.2 Å². The first-order chi connectivity index (χ1) is 13.7. The quantitative estimate of drug-likeness (QED) is 0.503. The van der Waals surface area contributed by atoms with E-state index >= 15 is 0 Å². The second-order valence-electron chi connectivity index (χ2n) is 7.63. The first-order valence-corrected chi connectivity index (χ1v) is 9.81. The molecule has 3 aromatic heterocycles.